The van der Waals surface area contributed by atoms with Crippen LogP contribution in [0.3, 0.4) is 0 Å². The van der Waals surface area contributed by atoms with E-state index in [2.05, 4.69) is 9.62 Å². The van der Waals surface area contributed by atoms with Crippen molar-refractivity contribution in [3.8, 4) is 17.0 Å². The van der Waals surface area contributed by atoms with Crippen LogP contribution in [0.2, 0.25) is 0 Å². The molecular formula is C38H49N5O8S. The molecule has 13 nitrogen and oxygen atoms in total. The van der Waals surface area contributed by atoms with Crippen molar-refractivity contribution in [3.05, 3.63) is 58.7 Å². The fourth-order valence-corrected chi connectivity index (χ4v) is 8.28. The molecule has 52 heavy (non-hydrogen) atoms. The van der Waals surface area contributed by atoms with Gasteiger partial charge in [0, 0.05) is 68.3 Å². The number of aromatic nitrogens is 1. The zero-order chi connectivity index (χ0) is 37.4. The molecule has 0 unspecified atom stereocenters. The molecule has 1 aliphatic carbocycles. The highest BCUT2D eigenvalue weighted by Crippen LogP contribution is 2.47. The highest BCUT2D eigenvalue weighted by Gasteiger charge is 2.32. The van der Waals surface area contributed by atoms with Crippen LogP contribution in [0, 0.1) is 0 Å². The number of amides is 2. The zero-order valence-electron chi connectivity index (χ0n) is 30.6. The number of piperazine rings is 1. The van der Waals surface area contributed by atoms with E-state index in [9.17, 15) is 27.9 Å². The molecule has 3 aromatic rings. The molecule has 3 heterocycles. The Morgan fingerprint density at radius 1 is 1.00 bits per heavy atom. The van der Waals surface area contributed by atoms with Crippen molar-refractivity contribution >= 4 is 45.2 Å². The first-order valence-electron chi connectivity index (χ1n) is 17.9. The molecule has 0 radical (unpaired) electrons. The number of rotatable bonds is 9. The quantitative estimate of drug-likeness (QED) is 0.298. The van der Waals surface area contributed by atoms with Crippen molar-refractivity contribution in [1.29, 1.82) is 0 Å². The molecule has 1 saturated heterocycles. The Morgan fingerprint density at radius 3 is 2.37 bits per heavy atom. The van der Waals surface area contributed by atoms with Crippen molar-refractivity contribution in [1.82, 2.24) is 23.4 Å². The highest BCUT2D eigenvalue weighted by atomic mass is 32.2. The Labute approximate surface area is 305 Å². The number of aliphatic carboxylic acids is 1. The Kier molecular flexibility index (Phi) is 10.7. The third kappa shape index (κ3) is 7.98. The van der Waals surface area contributed by atoms with Crippen LogP contribution >= 0.6 is 0 Å². The number of carbonyl (C=O) groups is 3. The molecule has 6 rings (SSSR count). The summed E-state index contributed by atoms with van der Waals surface area (Å²) in [5, 5.41) is 11.1. The molecule has 0 bridgehead atoms. The number of nitrogens with zero attached hydrogens (tertiary/aromatic N) is 4. The highest BCUT2D eigenvalue weighted by molar-refractivity contribution is 7.87. The fourth-order valence-electron chi connectivity index (χ4n) is 7.45. The number of carboxylic acids is 1. The SMILES string of the molecule is COc1ccc2c(c1)C=C(C(=O)O)Cn1c-2c(C2CCCCC2)c2ccc(C(=O)NS(=O)(=O)N(C)CCN3CCN(C(=O)OC(C)(C)C)CC3)cc21. The maximum absolute atomic E-state index is 13.6. The van der Waals surface area contributed by atoms with Gasteiger partial charge in [-0.15, -0.1) is 0 Å². The molecule has 1 aromatic heterocycles. The summed E-state index contributed by atoms with van der Waals surface area (Å²) < 4.78 is 42.9. The lowest BCUT2D eigenvalue weighted by Gasteiger charge is -2.36. The number of likely N-dealkylation sites (N-methyl/N-ethyl adjacent to an activating group) is 1. The molecule has 2 aliphatic heterocycles. The van der Waals surface area contributed by atoms with E-state index in [-0.39, 0.29) is 36.2 Å². The molecule has 2 N–H and O–H groups in total. The van der Waals surface area contributed by atoms with E-state index in [1.807, 2.05) is 49.6 Å². The number of hydrogen-bond donors (Lipinski definition) is 2. The minimum Gasteiger partial charge on any atom is -0.497 e. The van der Waals surface area contributed by atoms with Gasteiger partial charge < -0.3 is 24.0 Å². The Hall–Kier alpha value is -4.40. The molecule has 14 heteroatoms. The van der Waals surface area contributed by atoms with Crippen molar-refractivity contribution in [2.75, 3.05) is 53.4 Å². The van der Waals surface area contributed by atoms with E-state index < -0.39 is 27.7 Å². The van der Waals surface area contributed by atoms with Gasteiger partial charge in [0.2, 0.25) is 0 Å². The number of ether oxygens (including phenoxy) is 2. The van der Waals surface area contributed by atoms with Gasteiger partial charge in [-0.1, -0.05) is 25.3 Å². The average Bonchev–Trinajstić information content (AvgIpc) is 3.32. The summed E-state index contributed by atoms with van der Waals surface area (Å²) in [5.41, 5.74) is 4.11. The number of fused-ring (bicyclic) bond motifs is 5. The van der Waals surface area contributed by atoms with E-state index in [0.717, 1.165) is 57.8 Å². The van der Waals surface area contributed by atoms with Crippen molar-refractivity contribution in [2.24, 2.45) is 0 Å². The van der Waals surface area contributed by atoms with Gasteiger partial charge in [-0.25, -0.2) is 14.3 Å². The lowest BCUT2D eigenvalue weighted by molar-refractivity contribution is -0.132. The van der Waals surface area contributed by atoms with E-state index in [0.29, 0.717) is 44.0 Å². The molecule has 2 amide bonds. The number of benzene rings is 2. The molecule has 3 aliphatic rings. The standard InChI is InChI=1S/C38H49N5O8S/c1-38(2,3)51-37(47)42-19-17-41(18-20-42)16-15-40(4)52(48,49)39-35(44)26-11-13-31-32(23-26)43-24-28(36(45)46)21-27-22-29(50-5)12-14-30(27)34(43)33(31)25-9-7-6-8-10-25/h11-14,21-23,25H,6-10,15-20,24H2,1-5H3,(H,39,44)(H,45,46). The van der Waals surface area contributed by atoms with E-state index in [1.54, 1.807) is 30.2 Å². The lowest BCUT2D eigenvalue weighted by atomic mass is 9.81. The summed E-state index contributed by atoms with van der Waals surface area (Å²) in [6.45, 7) is 8.19. The van der Waals surface area contributed by atoms with Crippen LogP contribution in [0.5, 0.6) is 5.75 Å². The van der Waals surface area contributed by atoms with Gasteiger partial charge in [0.1, 0.15) is 11.4 Å². The van der Waals surface area contributed by atoms with Gasteiger partial charge in [0.25, 0.3) is 5.91 Å². The van der Waals surface area contributed by atoms with Crippen molar-refractivity contribution < 1.29 is 37.4 Å². The van der Waals surface area contributed by atoms with Crippen molar-refractivity contribution in [2.45, 2.75) is 70.9 Å². The summed E-state index contributed by atoms with van der Waals surface area (Å²) >= 11 is 0. The summed E-state index contributed by atoms with van der Waals surface area (Å²) in [4.78, 5) is 42.2. The van der Waals surface area contributed by atoms with Crippen molar-refractivity contribution in [3.63, 3.8) is 0 Å². The van der Waals surface area contributed by atoms with Crippen LogP contribution in [-0.2, 0) is 26.3 Å². The Balaban J connectivity index is 1.23. The topological polar surface area (TPSA) is 151 Å². The molecule has 1 saturated carbocycles. The Morgan fingerprint density at radius 2 is 1.71 bits per heavy atom. The van der Waals surface area contributed by atoms with Crippen LogP contribution in [0.4, 0.5) is 4.79 Å². The summed E-state index contributed by atoms with van der Waals surface area (Å²) in [5.74, 6) is -0.949. The van der Waals surface area contributed by atoms with Gasteiger partial charge in [0.05, 0.1) is 24.9 Å². The Bertz CT molecular complexity index is 2000. The van der Waals surface area contributed by atoms with E-state index in [4.69, 9.17) is 9.47 Å². The second kappa shape index (κ2) is 14.9. The summed E-state index contributed by atoms with van der Waals surface area (Å²) in [7, 11) is -1.19. The number of carbonyl (C=O) groups excluding carboxylic acids is 2. The molecule has 280 valence electrons. The number of methoxy groups -OCH3 is 1. The van der Waals surface area contributed by atoms with Gasteiger partial charge in [0.15, 0.2) is 0 Å². The monoisotopic (exact) mass is 735 g/mol. The second-order valence-electron chi connectivity index (χ2n) is 14.9. The van der Waals surface area contributed by atoms with Crippen LogP contribution in [0.1, 0.15) is 80.3 Å². The fraction of sp³-hybridized carbons (Fsp3) is 0.500. The smallest absolute Gasteiger partial charge is 0.410 e. The first kappa shape index (κ1) is 37.4. The largest absolute Gasteiger partial charge is 0.497 e. The summed E-state index contributed by atoms with van der Waals surface area (Å²) in [6.07, 6.45) is 6.69. The van der Waals surface area contributed by atoms with E-state index in [1.165, 1.54) is 13.5 Å². The first-order chi connectivity index (χ1) is 24.6. The van der Waals surface area contributed by atoms with Crippen LogP contribution in [0.25, 0.3) is 28.2 Å². The van der Waals surface area contributed by atoms with Gasteiger partial charge >= 0.3 is 22.3 Å². The number of nitrogens with one attached hydrogen (secondary N) is 1. The molecule has 0 atom stereocenters. The average molecular weight is 736 g/mol. The third-order valence-electron chi connectivity index (χ3n) is 10.2. The second-order valence-corrected chi connectivity index (χ2v) is 16.7. The van der Waals surface area contributed by atoms with E-state index >= 15 is 0 Å². The molecule has 2 aromatic carbocycles. The van der Waals surface area contributed by atoms with Crippen LogP contribution in [0.15, 0.2) is 42.0 Å². The maximum Gasteiger partial charge on any atom is 0.410 e. The van der Waals surface area contributed by atoms with Gasteiger partial charge in [-0.3, -0.25) is 9.69 Å². The normalized spacial score (nSPS) is 17.3. The minimum absolute atomic E-state index is 0.0724. The predicted molar refractivity (Wildman–Crippen MR) is 199 cm³/mol. The molecule has 0 spiro atoms. The molecule has 2 fully saturated rings. The maximum atomic E-state index is 13.6. The zero-order valence-corrected chi connectivity index (χ0v) is 31.4. The minimum atomic E-state index is -4.19. The van der Waals surface area contributed by atoms with Crippen LogP contribution < -0.4 is 9.46 Å². The third-order valence-corrected chi connectivity index (χ3v) is 11.7. The summed E-state index contributed by atoms with van der Waals surface area (Å²) in [6, 6.07) is 10.9. The number of hydrogen-bond acceptors (Lipinski definition) is 8. The lowest BCUT2D eigenvalue weighted by Crippen LogP contribution is -2.52. The van der Waals surface area contributed by atoms with Crippen LogP contribution in [-0.4, -0.2) is 109 Å². The molecular weight excluding hydrogens is 687 g/mol. The van der Waals surface area contributed by atoms with Gasteiger partial charge in [-0.2, -0.15) is 12.7 Å². The number of carboxylic acid groups (broad SMARTS) is 1. The van der Waals surface area contributed by atoms with Gasteiger partial charge in [-0.05, 0) is 87.1 Å². The predicted octanol–water partition coefficient (Wildman–Crippen LogP) is 5.31. The first-order valence-corrected chi connectivity index (χ1v) is 19.4.